The van der Waals surface area contributed by atoms with Crippen LogP contribution in [0, 0.1) is 0 Å². The normalized spacial score (nSPS) is 22.5. The van der Waals surface area contributed by atoms with E-state index in [0.29, 0.717) is 5.92 Å². The van der Waals surface area contributed by atoms with Crippen molar-refractivity contribution in [3.8, 4) is 5.69 Å². The molecule has 1 saturated heterocycles. The van der Waals surface area contributed by atoms with Gasteiger partial charge in [0.2, 0.25) is 0 Å². The second kappa shape index (κ2) is 7.28. The molecule has 5 heteroatoms. The van der Waals surface area contributed by atoms with Crippen LogP contribution in [0.2, 0.25) is 0 Å². The van der Waals surface area contributed by atoms with Gasteiger partial charge in [-0.1, -0.05) is 18.2 Å². The fourth-order valence-electron chi connectivity index (χ4n) is 4.30. The lowest BCUT2D eigenvalue weighted by atomic mass is 9.84. The van der Waals surface area contributed by atoms with E-state index in [1.807, 2.05) is 7.11 Å². The highest BCUT2D eigenvalue weighted by molar-refractivity contribution is 5.37. The van der Waals surface area contributed by atoms with Crippen molar-refractivity contribution < 1.29 is 14.2 Å². The molecule has 134 valence electrons. The van der Waals surface area contributed by atoms with Crippen LogP contribution in [0.4, 0.5) is 0 Å². The Hall–Kier alpha value is -1.69. The second-order valence-corrected chi connectivity index (χ2v) is 7.20. The third kappa shape index (κ3) is 3.36. The highest BCUT2D eigenvalue weighted by Gasteiger charge is 2.34. The zero-order valence-electron chi connectivity index (χ0n) is 15.1. The number of quaternary nitrogens is 1. The first kappa shape index (κ1) is 16.8. The average molecular weight is 342 g/mol. The molecule has 0 spiro atoms. The lowest BCUT2D eigenvalue weighted by Gasteiger charge is -2.38. The molecule has 0 N–H and O–H groups in total. The minimum atomic E-state index is 0.592. The molecule has 4 rings (SSSR count). The molecule has 1 aliphatic heterocycles. The van der Waals surface area contributed by atoms with Crippen LogP contribution in [0.15, 0.2) is 36.5 Å². The van der Waals surface area contributed by atoms with E-state index in [9.17, 15) is 0 Å². The topological polar surface area (TPSA) is 36.3 Å². The molecule has 1 aromatic heterocycles. The fraction of sp³-hybridized carbons (Fsp3) is 0.550. The van der Waals surface area contributed by atoms with E-state index < -0.39 is 0 Å². The average Bonchev–Trinajstić information content (AvgIpc) is 3.12. The SMILES string of the molecule is CO[N+]1(CCC2CCCc3c2cnn3-c2ccccc2)CCOCC1. The standard InChI is InChI=1S/C20H28N3O2/c1-24-23(12-14-25-15-13-23)11-10-17-6-5-9-20-19(17)16-21-22(20)18-7-3-2-4-8-18/h2-4,7-8,16-17H,5-6,9-15H2,1H3/q+1. The van der Waals surface area contributed by atoms with Gasteiger partial charge >= 0.3 is 0 Å². The monoisotopic (exact) mass is 342 g/mol. The van der Waals surface area contributed by atoms with Gasteiger partial charge in [-0.25, -0.2) is 9.52 Å². The van der Waals surface area contributed by atoms with Crippen molar-refractivity contribution in [1.82, 2.24) is 9.78 Å². The van der Waals surface area contributed by atoms with E-state index in [1.165, 1.54) is 24.1 Å². The van der Waals surface area contributed by atoms with Crippen LogP contribution in [0.3, 0.4) is 0 Å². The number of morpholine rings is 1. The largest absolute Gasteiger partial charge is 0.370 e. The third-order valence-corrected chi connectivity index (χ3v) is 5.87. The van der Waals surface area contributed by atoms with Crippen LogP contribution in [-0.2, 0) is 16.0 Å². The van der Waals surface area contributed by atoms with E-state index in [4.69, 9.17) is 14.7 Å². The maximum absolute atomic E-state index is 5.87. The first-order valence-electron chi connectivity index (χ1n) is 9.43. The molecule has 5 nitrogen and oxygen atoms in total. The summed E-state index contributed by atoms with van der Waals surface area (Å²) in [6, 6.07) is 10.5. The van der Waals surface area contributed by atoms with Crippen molar-refractivity contribution in [2.45, 2.75) is 31.6 Å². The lowest BCUT2D eigenvalue weighted by Crippen LogP contribution is -2.54. The Bertz CT molecular complexity index is 692. The van der Waals surface area contributed by atoms with E-state index in [-0.39, 0.29) is 0 Å². The number of rotatable bonds is 5. The van der Waals surface area contributed by atoms with Gasteiger partial charge in [-0.2, -0.15) is 9.75 Å². The summed E-state index contributed by atoms with van der Waals surface area (Å²) < 4.78 is 8.39. The van der Waals surface area contributed by atoms with E-state index in [0.717, 1.165) is 56.0 Å². The van der Waals surface area contributed by atoms with Gasteiger partial charge in [0.1, 0.15) is 19.6 Å². The molecule has 2 heterocycles. The minimum Gasteiger partial charge on any atom is -0.370 e. The van der Waals surface area contributed by atoms with Crippen molar-refractivity contribution in [2.24, 2.45) is 0 Å². The highest BCUT2D eigenvalue weighted by Crippen LogP contribution is 2.35. The summed E-state index contributed by atoms with van der Waals surface area (Å²) in [5.41, 5.74) is 4.00. The zero-order chi connectivity index (χ0) is 17.1. The number of fused-ring (bicyclic) bond motifs is 1. The van der Waals surface area contributed by atoms with Gasteiger partial charge in [0.15, 0.2) is 0 Å². The predicted molar refractivity (Wildman–Crippen MR) is 96.5 cm³/mol. The number of ether oxygens (including phenoxy) is 1. The van der Waals surface area contributed by atoms with Crippen molar-refractivity contribution in [3.63, 3.8) is 0 Å². The molecule has 1 unspecified atom stereocenters. The summed E-state index contributed by atoms with van der Waals surface area (Å²) in [6.45, 7) is 4.57. The molecule has 2 aromatic rings. The maximum atomic E-state index is 5.87. The van der Waals surface area contributed by atoms with Gasteiger partial charge in [-0.3, -0.25) is 0 Å². The molecule has 0 bridgehead atoms. The van der Waals surface area contributed by atoms with E-state index in [2.05, 4.69) is 41.2 Å². The van der Waals surface area contributed by atoms with Crippen LogP contribution in [0.25, 0.3) is 5.69 Å². The number of hydrogen-bond donors (Lipinski definition) is 0. The van der Waals surface area contributed by atoms with Crippen LogP contribution in [0.5, 0.6) is 0 Å². The van der Waals surface area contributed by atoms with E-state index in [1.54, 1.807) is 0 Å². The Morgan fingerprint density at radius 1 is 1.24 bits per heavy atom. The van der Waals surface area contributed by atoms with Crippen molar-refractivity contribution in [1.29, 1.82) is 0 Å². The zero-order valence-corrected chi connectivity index (χ0v) is 15.1. The van der Waals surface area contributed by atoms with Gasteiger partial charge in [0.05, 0.1) is 32.2 Å². The Morgan fingerprint density at radius 3 is 2.80 bits per heavy atom. The molecule has 0 amide bonds. The molecular formula is C20H28N3O2+. The molecule has 1 atom stereocenters. The quantitative estimate of drug-likeness (QED) is 0.784. The summed E-state index contributed by atoms with van der Waals surface area (Å²) >= 11 is 0. The van der Waals surface area contributed by atoms with Gasteiger partial charge in [-0.05, 0) is 42.9 Å². The first-order chi connectivity index (χ1) is 12.3. The van der Waals surface area contributed by atoms with Gasteiger partial charge in [0, 0.05) is 12.1 Å². The molecule has 0 radical (unpaired) electrons. The fourth-order valence-corrected chi connectivity index (χ4v) is 4.30. The Morgan fingerprint density at radius 2 is 2.04 bits per heavy atom. The summed E-state index contributed by atoms with van der Waals surface area (Å²) in [7, 11) is 1.84. The number of aromatic nitrogens is 2. The molecule has 1 aliphatic carbocycles. The number of para-hydroxylation sites is 1. The minimum absolute atomic E-state index is 0.592. The number of nitrogens with zero attached hydrogens (tertiary/aromatic N) is 3. The summed E-state index contributed by atoms with van der Waals surface area (Å²) in [5, 5.41) is 4.71. The Kier molecular flexibility index (Phi) is 4.88. The van der Waals surface area contributed by atoms with Crippen LogP contribution in [0.1, 0.15) is 36.4 Å². The molecule has 2 aliphatic rings. The number of benzene rings is 1. The van der Waals surface area contributed by atoms with Crippen molar-refractivity contribution >= 4 is 0 Å². The lowest BCUT2D eigenvalue weighted by molar-refractivity contribution is -1.11. The molecule has 0 saturated carbocycles. The third-order valence-electron chi connectivity index (χ3n) is 5.87. The van der Waals surface area contributed by atoms with E-state index >= 15 is 0 Å². The van der Waals surface area contributed by atoms with Crippen LogP contribution >= 0.6 is 0 Å². The summed E-state index contributed by atoms with van der Waals surface area (Å²) in [6.07, 6.45) is 6.88. The van der Waals surface area contributed by atoms with Crippen LogP contribution < -0.4 is 0 Å². The second-order valence-electron chi connectivity index (χ2n) is 7.20. The van der Waals surface area contributed by atoms with Gasteiger partial charge in [-0.15, -0.1) is 0 Å². The predicted octanol–water partition coefficient (Wildman–Crippen LogP) is 3.09. The Labute approximate surface area is 149 Å². The van der Waals surface area contributed by atoms with Gasteiger partial charge < -0.3 is 4.74 Å². The van der Waals surface area contributed by atoms with Crippen molar-refractivity contribution in [3.05, 3.63) is 47.8 Å². The highest BCUT2D eigenvalue weighted by atomic mass is 16.7. The first-order valence-corrected chi connectivity index (χ1v) is 9.43. The molecule has 25 heavy (non-hydrogen) atoms. The smallest absolute Gasteiger partial charge is 0.132 e. The van der Waals surface area contributed by atoms with Gasteiger partial charge in [0.25, 0.3) is 0 Å². The number of hydrogen-bond acceptors (Lipinski definition) is 3. The molecule has 1 fully saturated rings. The summed E-state index contributed by atoms with van der Waals surface area (Å²) in [5.74, 6) is 0.592. The molecule has 1 aromatic carbocycles. The van der Waals surface area contributed by atoms with Crippen molar-refractivity contribution in [2.75, 3.05) is 40.0 Å². The van der Waals surface area contributed by atoms with Crippen LogP contribution in [-0.4, -0.2) is 54.4 Å². The Balaban J connectivity index is 1.51. The molecular weight excluding hydrogens is 314 g/mol. The number of hydroxylamine groups is 3. The maximum Gasteiger partial charge on any atom is 0.132 e. The summed E-state index contributed by atoms with van der Waals surface area (Å²) in [4.78, 5) is 5.87.